The van der Waals surface area contributed by atoms with Gasteiger partial charge >= 0.3 is 0 Å². The lowest BCUT2D eigenvalue weighted by Crippen LogP contribution is -2.20. The van der Waals surface area contributed by atoms with Gasteiger partial charge in [-0.05, 0) is 18.1 Å². The zero-order valence-corrected chi connectivity index (χ0v) is 14.4. The van der Waals surface area contributed by atoms with E-state index in [9.17, 15) is 0 Å². The van der Waals surface area contributed by atoms with Gasteiger partial charge in [0.25, 0.3) is 0 Å². The van der Waals surface area contributed by atoms with E-state index in [2.05, 4.69) is 0 Å². The van der Waals surface area contributed by atoms with Gasteiger partial charge in [-0.1, -0.05) is 107 Å². The van der Waals surface area contributed by atoms with Gasteiger partial charge < -0.3 is 4.74 Å². The van der Waals surface area contributed by atoms with E-state index in [1.165, 1.54) is 0 Å². The van der Waals surface area contributed by atoms with Gasteiger partial charge in [0.2, 0.25) is 3.79 Å². The van der Waals surface area contributed by atoms with Crippen LogP contribution in [-0.4, -0.2) is 10.4 Å². The third kappa shape index (κ3) is 5.33. The molecule has 0 aliphatic carbocycles. The lowest BCUT2D eigenvalue weighted by molar-refractivity contribution is 0.0773. The van der Waals surface area contributed by atoms with Crippen molar-refractivity contribution in [2.45, 2.75) is 16.8 Å². The lowest BCUT2D eigenvalue weighted by atomic mass is 10.1. The second kappa shape index (κ2) is 8.03. The maximum atomic E-state index is 6.06. The Bertz CT molecular complexity index is 618. The molecule has 0 bridgehead atoms. The Morgan fingerprint density at radius 2 is 1.77 bits per heavy atom. The molecule has 0 N–H and O–H groups in total. The molecule has 0 saturated heterocycles. The van der Waals surface area contributed by atoms with Gasteiger partial charge in [-0.15, -0.1) is 0 Å². The van der Waals surface area contributed by atoms with Crippen LogP contribution in [0, 0.1) is 6.92 Å². The number of ether oxygens (including phenoxy) is 1. The van der Waals surface area contributed by atoms with Crippen molar-refractivity contribution in [1.29, 1.82) is 0 Å². The number of aryl methyl sites for hydroxylation is 1. The van der Waals surface area contributed by atoms with Crippen molar-refractivity contribution in [3.8, 4) is 0 Å². The predicted molar refractivity (Wildman–Crippen MR) is 95.6 cm³/mol. The molecular formula is C18H17Cl3O. The third-order valence-electron chi connectivity index (χ3n) is 3.11. The van der Waals surface area contributed by atoms with Crippen molar-refractivity contribution < 1.29 is 4.74 Å². The highest BCUT2D eigenvalue weighted by Crippen LogP contribution is 2.42. The number of alkyl halides is 3. The summed E-state index contributed by atoms with van der Waals surface area (Å²) in [5.74, 6) is 0. The molecule has 0 amide bonds. The first-order valence-corrected chi connectivity index (χ1v) is 8.06. The Balaban J connectivity index is 2.04. The molecular weight excluding hydrogens is 339 g/mol. The molecule has 0 spiro atoms. The van der Waals surface area contributed by atoms with Crippen LogP contribution in [0.2, 0.25) is 0 Å². The van der Waals surface area contributed by atoms with Crippen molar-refractivity contribution in [2.24, 2.45) is 0 Å². The summed E-state index contributed by atoms with van der Waals surface area (Å²) in [6.45, 7) is 2.36. The molecule has 0 fully saturated rings. The summed E-state index contributed by atoms with van der Waals surface area (Å²) in [5.41, 5.74) is 3.06. The van der Waals surface area contributed by atoms with Crippen LogP contribution in [0.15, 0.2) is 60.7 Å². The van der Waals surface area contributed by atoms with E-state index < -0.39 is 9.90 Å². The summed E-state index contributed by atoms with van der Waals surface area (Å²) in [6.07, 6.45) is 3.28. The first-order chi connectivity index (χ1) is 10.5. The van der Waals surface area contributed by atoms with Crippen LogP contribution in [0.3, 0.4) is 0 Å². The summed E-state index contributed by atoms with van der Waals surface area (Å²) < 4.78 is 4.27. The molecule has 0 saturated carbocycles. The first-order valence-electron chi connectivity index (χ1n) is 6.93. The topological polar surface area (TPSA) is 9.23 Å². The van der Waals surface area contributed by atoms with E-state index in [1.54, 1.807) is 0 Å². The minimum atomic E-state index is -1.52. The predicted octanol–water partition coefficient (Wildman–Crippen LogP) is 6.14. The van der Waals surface area contributed by atoms with Gasteiger partial charge in [0.05, 0.1) is 6.61 Å². The summed E-state index contributed by atoms with van der Waals surface area (Å²) in [4.78, 5) is 0. The fourth-order valence-corrected chi connectivity index (χ4v) is 2.68. The van der Waals surface area contributed by atoms with Crippen LogP contribution in [0.25, 0.3) is 6.08 Å². The largest absolute Gasteiger partial charge is 0.365 e. The number of benzene rings is 2. The second-order valence-electron chi connectivity index (χ2n) is 4.98. The summed E-state index contributed by atoms with van der Waals surface area (Å²) in [6, 6.07) is 17.8. The van der Waals surface area contributed by atoms with E-state index in [1.807, 2.05) is 73.7 Å². The first kappa shape index (κ1) is 17.4. The quantitative estimate of drug-likeness (QED) is 0.586. The summed E-state index contributed by atoms with van der Waals surface area (Å²) in [7, 11) is 0. The lowest BCUT2D eigenvalue weighted by Gasteiger charge is -2.25. The van der Waals surface area contributed by atoms with Gasteiger partial charge in [-0.25, -0.2) is 0 Å². The molecule has 0 heterocycles. The Kier molecular flexibility index (Phi) is 6.34. The molecule has 0 aromatic heterocycles. The number of hydrogen-bond donors (Lipinski definition) is 0. The van der Waals surface area contributed by atoms with Crippen LogP contribution in [0.4, 0.5) is 0 Å². The molecule has 22 heavy (non-hydrogen) atoms. The van der Waals surface area contributed by atoms with Crippen LogP contribution in [0.1, 0.15) is 22.8 Å². The molecule has 116 valence electrons. The highest BCUT2D eigenvalue weighted by Gasteiger charge is 2.34. The Labute approximate surface area is 146 Å². The van der Waals surface area contributed by atoms with Gasteiger partial charge in [0, 0.05) is 0 Å². The maximum Gasteiger partial charge on any atom is 0.220 e. The normalized spacial score (nSPS) is 13.5. The fraction of sp³-hybridized carbons (Fsp3) is 0.222. The second-order valence-corrected chi connectivity index (χ2v) is 7.35. The molecule has 1 unspecified atom stereocenters. The molecule has 1 atom stereocenters. The van der Waals surface area contributed by atoms with Gasteiger partial charge in [-0.3, -0.25) is 0 Å². The van der Waals surface area contributed by atoms with Crippen molar-refractivity contribution in [3.05, 3.63) is 77.4 Å². The average Bonchev–Trinajstić information content (AvgIpc) is 2.47. The Morgan fingerprint density at radius 3 is 2.41 bits per heavy atom. The van der Waals surface area contributed by atoms with E-state index in [0.717, 1.165) is 16.7 Å². The number of hydrogen-bond acceptors (Lipinski definition) is 1. The highest BCUT2D eigenvalue weighted by molar-refractivity contribution is 6.68. The maximum absolute atomic E-state index is 6.06. The molecule has 0 radical (unpaired) electrons. The van der Waals surface area contributed by atoms with Crippen molar-refractivity contribution in [2.75, 3.05) is 6.61 Å². The standard InChI is InChI=1S/C18H17Cl3O/c1-14-7-5-11-16(13-14)17(18(19,20)21)22-12-6-10-15-8-3-2-4-9-15/h2-11,13,17H,12H2,1H3/b10-6+. The van der Waals surface area contributed by atoms with Gasteiger partial charge in [0.15, 0.2) is 0 Å². The smallest absolute Gasteiger partial charge is 0.220 e. The molecule has 0 aliphatic heterocycles. The Hall–Kier alpha value is -0.990. The van der Waals surface area contributed by atoms with E-state index in [4.69, 9.17) is 39.5 Å². The summed E-state index contributed by atoms with van der Waals surface area (Å²) >= 11 is 18.2. The van der Waals surface area contributed by atoms with Gasteiger partial charge in [-0.2, -0.15) is 0 Å². The van der Waals surface area contributed by atoms with Crippen LogP contribution in [0.5, 0.6) is 0 Å². The minimum absolute atomic E-state index is 0.363. The molecule has 2 rings (SSSR count). The number of halogens is 3. The summed E-state index contributed by atoms with van der Waals surface area (Å²) in [5, 5.41) is 0. The van der Waals surface area contributed by atoms with Crippen molar-refractivity contribution in [3.63, 3.8) is 0 Å². The SMILES string of the molecule is Cc1cccc(C(OC/C=C/c2ccccc2)C(Cl)(Cl)Cl)c1. The Morgan fingerprint density at radius 1 is 1.05 bits per heavy atom. The number of rotatable bonds is 5. The molecule has 0 aliphatic rings. The molecule has 4 heteroatoms. The molecule has 1 nitrogen and oxygen atoms in total. The zero-order valence-electron chi connectivity index (χ0n) is 12.2. The zero-order chi connectivity index (χ0) is 16.0. The van der Waals surface area contributed by atoms with Crippen molar-refractivity contribution >= 4 is 40.9 Å². The van der Waals surface area contributed by atoms with Gasteiger partial charge in [0.1, 0.15) is 6.10 Å². The van der Waals surface area contributed by atoms with Crippen LogP contribution >= 0.6 is 34.8 Å². The monoisotopic (exact) mass is 354 g/mol. The van der Waals surface area contributed by atoms with Crippen molar-refractivity contribution in [1.82, 2.24) is 0 Å². The minimum Gasteiger partial charge on any atom is -0.365 e. The van der Waals surface area contributed by atoms with E-state index in [0.29, 0.717) is 6.61 Å². The van der Waals surface area contributed by atoms with Crippen LogP contribution < -0.4 is 0 Å². The fourth-order valence-electron chi connectivity index (χ4n) is 2.11. The average molecular weight is 356 g/mol. The highest BCUT2D eigenvalue weighted by atomic mass is 35.6. The van der Waals surface area contributed by atoms with Crippen LogP contribution in [-0.2, 0) is 4.74 Å². The molecule has 2 aromatic carbocycles. The molecule has 2 aromatic rings. The van der Waals surface area contributed by atoms with E-state index >= 15 is 0 Å². The third-order valence-corrected chi connectivity index (χ3v) is 3.71. The van der Waals surface area contributed by atoms with E-state index in [-0.39, 0.29) is 0 Å².